The first-order valence-corrected chi connectivity index (χ1v) is 8.28. The molecule has 1 aromatic rings. The summed E-state index contributed by atoms with van der Waals surface area (Å²) in [4.78, 5) is 0. The van der Waals surface area contributed by atoms with Gasteiger partial charge in [-0.3, -0.25) is 0 Å². The molecule has 0 saturated carbocycles. The summed E-state index contributed by atoms with van der Waals surface area (Å²) in [7, 11) is 0. The van der Waals surface area contributed by atoms with Crippen molar-refractivity contribution >= 4 is 15.9 Å². The maximum Gasteiger partial charge on any atom is 0.0950 e. The van der Waals surface area contributed by atoms with Gasteiger partial charge in [-0.1, -0.05) is 35.0 Å². The average Bonchev–Trinajstić information content (AvgIpc) is 2.96. The molecular weight excluding hydrogens is 318 g/mol. The van der Waals surface area contributed by atoms with E-state index < -0.39 is 0 Å². The van der Waals surface area contributed by atoms with Crippen molar-refractivity contribution in [3.63, 3.8) is 0 Å². The van der Waals surface area contributed by atoms with Crippen molar-refractivity contribution in [2.45, 2.75) is 38.4 Å². The second kappa shape index (κ2) is 8.78. The lowest BCUT2D eigenvalue weighted by Gasteiger charge is -2.21. The number of halogens is 1. The molecule has 0 spiro atoms. The molecule has 0 amide bonds. The third-order valence-corrected chi connectivity index (χ3v) is 3.98. The average molecular weight is 342 g/mol. The Balaban J connectivity index is 1.92. The van der Waals surface area contributed by atoms with Crippen LogP contribution >= 0.6 is 15.9 Å². The third kappa shape index (κ3) is 5.17. The van der Waals surface area contributed by atoms with Crippen molar-refractivity contribution in [2.75, 3.05) is 26.3 Å². The molecule has 2 rings (SSSR count). The lowest BCUT2D eigenvalue weighted by Crippen LogP contribution is -2.26. The van der Waals surface area contributed by atoms with Crippen LogP contribution in [0, 0.1) is 0 Å². The van der Waals surface area contributed by atoms with E-state index in [0.717, 1.165) is 43.4 Å². The molecule has 4 heteroatoms. The van der Waals surface area contributed by atoms with Gasteiger partial charge < -0.3 is 14.8 Å². The number of benzene rings is 1. The molecule has 0 radical (unpaired) electrons. The molecule has 20 heavy (non-hydrogen) atoms. The van der Waals surface area contributed by atoms with E-state index in [0.29, 0.717) is 6.61 Å². The third-order valence-electron chi connectivity index (χ3n) is 3.48. The molecule has 1 aliphatic heterocycles. The molecule has 0 aromatic heterocycles. The van der Waals surface area contributed by atoms with E-state index in [1.54, 1.807) is 0 Å². The van der Waals surface area contributed by atoms with E-state index in [1.807, 2.05) is 6.07 Å². The first-order valence-electron chi connectivity index (χ1n) is 7.49. The number of hydrogen-bond donors (Lipinski definition) is 1. The van der Waals surface area contributed by atoms with Gasteiger partial charge in [0.25, 0.3) is 0 Å². The largest absolute Gasteiger partial charge is 0.376 e. The highest BCUT2D eigenvalue weighted by atomic mass is 79.9. The predicted molar refractivity (Wildman–Crippen MR) is 85.0 cm³/mol. The number of rotatable bonds is 8. The monoisotopic (exact) mass is 341 g/mol. The molecule has 1 aliphatic rings. The fourth-order valence-corrected chi connectivity index (χ4v) is 2.81. The minimum Gasteiger partial charge on any atom is -0.376 e. The molecule has 3 nitrogen and oxygen atoms in total. The Morgan fingerprint density at radius 2 is 2.40 bits per heavy atom. The zero-order chi connectivity index (χ0) is 14.2. The molecule has 0 bridgehead atoms. The summed E-state index contributed by atoms with van der Waals surface area (Å²) in [6.07, 6.45) is 3.77. The molecule has 2 unspecified atom stereocenters. The van der Waals surface area contributed by atoms with Crippen LogP contribution in [0.25, 0.3) is 0 Å². The minimum absolute atomic E-state index is 0.0863. The van der Waals surface area contributed by atoms with Gasteiger partial charge in [0.05, 0.1) is 18.8 Å². The van der Waals surface area contributed by atoms with Crippen molar-refractivity contribution in [1.29, 1.82) is 0 Å². The second-order valence-corrected chi connectivity index (χ2v) is 6.13. The Morgan fingerprint density at radius 1 is 1.50 bits per heavy atom. The maximum absolute atomic E-state index is 6.11. The Morgan fingerprint density at radius 3 is 3.10 bits per heavy atom. The molecule has 1 N–H and O–H groups in total. The molecule has 1 aromatic carbocycles. The minimum atomic E-state index is 0.0863. The Bertz CT molecular complexity index is 394. The van der Waals surface area contributed by atoms with Gasteiger partial charge in [-0.15, -0.1) is 0 Å². The van der Waals surface area contributed by atoms with Gasteiger partial charge in [0.1, 0.15) is 0 Å². The van der Waals surface area contributed by atoms with E-state index in [2.05, 4.69) is 46.4 Å². The van der Waals surface area contributed by atoms with E-state index in [9.17, 15) is 0 Å². The van der Waals surface area contributed by atoms with Crippen molar-refractivity contribution < 1.29 is 9.47 Å². The van der Waals surface area contributed by atoms with Gasteiger partial charge in [0, 0.05) is 17.6 Å². The van der Waals surface area contributed by atoms with Gasteiger partial charge in [0.15, 0.2) is 0 Å². The first-order chi connectivity index (χ1) is 9.79. The van der Waals surface area contributed by atoms with Gasteiger partial charge >= 0.3 is 0 Å². The van der Waals surface area contributed by atoms with Crippen molar-refractivity contribution in [2.24, 2.45) is 0 Å². The van der Waals surface area contributed by atoms with Crippen molar-refractivity contribution in [1.82, 2.24) is 5.32 Å². The number of nitrogens with one attached hydrogen (secondary N) is 1. The summed E-state index contributed by atoms with van der Waals surface area (Å²) in [6, 6.07) is 8.36. The second-order valence-electron chi connectivity index (χ2n) is 5.22. The Labute approximate surface area is 130 Å². The summed E-state index contributed by atoms with van der Waals surface area (Å²) in [6.45, 7) is 5.60. The fraction of sp³-hybridized carbons (Fsp3) is 0.625. The zero-order valence-corrected chi connectivity index (χ0v) is 13.7. The van der Waals surface area contributed by atoms with Crippen LogP contribution in [0.4, 0.5) is 0 Å². The predicted octanol–water partition coefficient (Wildman–Crippen LogP) is 3.69. The van der Waals surface area contributed by atoms with Crippen LogP contribution in [0.5, 0.6) is 0 Å². The quantitative estimate of drug-likeness (QED) is 0.731. The first kappa shape index (κ1) is 16.0. The number of ether oxygens (including phenoxy) is 2. The van der Waals surface area contributed by atoms with Crippen LogP contribution in [-0.2, 0) is 9.47 Å². The smallest absolute Gasteiger partial charge is 0.0950 e. The summed E-state index contributed by atoms with van der Waals surface area (Å²) in [5.41, 5.74) is 1.21. The highest BCUT2D eigenvalue weighted by molar-refractivity contribution is 9.10. The van der Waals surface area contributed by atoms with Gasteiger partial charge in [-0.25, -0.2) is 0 Å². The van der Waals surface area contributed by atoms with Crippen LogP contribution in [0.3, 0.4) is 0 Å². The van der Waals surface area contributed by atoms with E-state index in [-0.39, 0.29) is 12.2 Å². The van der Waals surface area contributed by atoms with Gasteiger partial charge in [0.2, 0.25) is 0 Å². The summed E-state index contributed by atoms with van der Waals surface area (Å²) < 4.78 is 12.8. The highest BCUT2D eigenvalue weighted by Crippen LogP contribution is 2.22. The van der Waals surface area contributed by atoms with Crippen LogP contribution in [-0.4, -0.2) is 32.4 Å². The summed E-state index contributed by atoms with van der Waals surface area (Å²) in [5, 5.41) is 3.45. The standard InChI is InChI=1S/C16H24BrNO2/c1-2-8-18-11-16(13-5-3-6-14(17)10-13)20-12-15-7-4-9-19-15/h3,5-6,10,15-16,18H,2,4,7-9,11-12H2,1H3. The normalized spacial score (nSPS) is 20.2. The van der Waals surface area contributed by atoms with Crippen LogP contribution in [0.1, 0.15) is 37.9 Å². The Kier molecular flexibility index (Phi) is 7.00. The van der Waals surface area contributed by atoms with Crippen LogP contribution in [0.2, 0.25) is 0 Å². The molecule has 112 valence electrons. The molecule has 0 aliphatic carbocycles. The van der Waals surface area contributed by atoms with E-state index in [1.165, 1.54) is 5.56 Å². The topological polar surface area (TPSA) is 30.5 Å². The molecule has 1 heterocycles. The lowest BCUT2D eigenvalue weighted by atomic mass is 10.1. The summed E-state index contributed by atoms with van der Waals surface area (Å²) >= 11 is 3.53. The van der Waals surface area contributed by atoms with E-state index in [4.69, 9.17) is 9.47 Å². The van der Waals surface area contributed by atoms with Crippen LogP contribution < -0.4 is 5.32 Å². The lowest BCUT2D eigenvalue weighted by molar-refractivity contribution is -0.0209. The zero-order valence-electron chi connectivity index (χ0n) is 12.1. The number of hydrogen-bond acceptors (Lipinski definition) is 3. The maximum atomic E-state index is 6.11. The molecule has 1 saturated heterocycles. The highest BCUT2D eigenvalue weighted by Gasteiger charge is 2.19. The Hall–Kier alpha value is -0.420. The van der Waals surface area contributed by atoms with Crippen molar-refractivity contribution in [3.05, 3.63) is 34.3 Å². The van der Waals surface area contributed by atoms with Gasteiger partial charge in [-0.05, 0) is 43.5 Å². The van der Waals surface area contributed by atoms with Crippen molar-refractivity contribution in [3.8, 4) is 0 Å². The van der Waals surface area contributed by atoms with E-state index >= 15 is 0 Å². The molecule has 2 atom stereocenters. The van der Waals surface area contributed by atoms with Crippen LogP contribution in [0.15, 0.2) is 28.7 Å². The molecule has 1 fully saturated rings. The fourth-order valence-electron chi connectivity index (χ4n) is 2.39. The van der Waals surface area contributed by atoms with Gasteiger partial charge in [-0.2, -0.15) is 0 Å². The molecular formula is C16H24BrNO2. The SMILES string of the molecule is CCCNCC(OCC1CCCO1)c1cccc(Br)c1. The summed E-state index contributed by atoms with van der Waals surface area (Å²) in [5.74, 6) is 0.